The van der Waals surface area contributed by atoms with E-state index in [1.165, 1.54) is 12.8 Å². The fourth-order valence-corrected chi connectivity index (χ4v) is 2.65. The highest BCUT2D eigenvalue weighted by atomic mass is 28.4. The average Bonchev–Trinajstić information content (AvgIpc) is 2.06. The second-order valence-corrected chi connectivity index (χ2v) is 7.20. The van der Waals surface area contributed by atoms with E-state index in [-0.39, 0.29) is 0 Å². The second-order valence-electron chi connectivity index (χ2n) is 3.83. The zero-order valence-electron chi connectivity index (χ0n) is 9.72. The van der Waals surface area contributed by atoms with Crippen LogP contribution in [0.25, 0.3) is 0 Å². The van der Waals surface area contributed by atoms with E-state index in [1.54, 1.807) is 0 Å². The topological polar surface area (TPSA) is 18.5 Å². The van der Waals surface area contributed by atoms with Gasteiger partial charge in [-0.25, -0.2) is 0 Å². The van der Waals surface area contributed by atoms with Crippen molar-refractivity contribution in [3.8, 4) is 0 Å². The minimum Gasteiger partial charge on any atom is -0.395 e. The highest BCUT2D eigenvalue weighted by molar-refractivity contribution is 6.64. The number of hydrogen-bond donors (Lipinski definition) is 0. The summed E-state index contributed by atoms with van der Waals surface area (Å²) in [4.78, 5) is 0. The minimum absolute atomic E-state index is 0.701. The van der Waals surface area contributed by atoms with Crippen molar-refractivity contribution in [2.75, 3.05) is 13.2 Å². The molecule has 3 heteroatoms. The monoisotopic (exact) mass is 204 g/mol. The van der Waals surface area contributed by atoms with Gasteiger partial charge in [0.05, 0.1) is 0 Å². The standard InChI is InChI=1S/C10H24O2Si/c1-6-10(7-2)9-12-13(4,5)11-8-3/h10H,6-9H2,1-5H3. The van der Waals surface area contributed by atoms with E-state index in [1.807, 2.05) is 6.92 Å². The van der Waals surface area contributed by atoms with Crippen LogP contribution in [0.1, 0.15) is 33.6 Å². The molecule has 0 unspecified atom stereocenters. The van der Waals surface area contributed by atoms with Crippen LogP contribution in [0.4, 0.5) is 0 Å². The minimum atomic E-state index is -1.80. The Bertz CT molecular complexity index is 122. The van der Waals surface area contributed by atoms with Gasteiger partial charge < -0.3 is 8.85 Å². The fraction of sp³-hybridized carbons (Fsp3) is 1.00. The molecule has 0 bridgehead atoms. The van der Waals surface area contributed by atoms with Gasteiger partial charge in [0.15, 0.2) is 0 Å². The first-order valence-corrected chi connectivity index (χ1v) is 8.15. The Kier molecular flexibility index (Phi) is 6.64. The van der Waals surface area contributed by atoms with Crippen LogP contribution in [0.15, 0.2) is 0 Å². The van der Waals surface area contributed by atoms with Gasteiger partial charge in [0.25, 0.3) is 0 Å². The third-order valence-electron chi connectivity index (χ3n) is 2.31. The maximum Gasteiger partial charge on any atom is 0.331 e. The van der Waals surface area contributed by atoms with E-state index in [4.69, 9.17) is 8.85 Å². The zero-order chi connectivity index (χ0) is 10.3. The Hall–Kier alpha value is 0.137. The molecule has 0 fully saturated rings. The molecule has 0 aromatic heterocycles. The molecule has 0 saturated carbocycles. The summed E-state index contributed by atoms with van der Waals surface area (Å²) < 4.78 is 11.4. The van der Waals surface area contributed by atoms with Crippen LogP contribution in [0.3, 0.4) is 0 Å². The van der Waals surface area contributed by atoms with Crippen molar-refractivity contribution in [3.05, 3.63) is 0 Å². The average molecular weight is 204 g/mol. The van der Waals surface area contributed by atoms with Crippen LogP contribution in [0, 0.1) is 5.92 Å². The lowest BCUT2D eigenvalue weighted by molar-refractivity contribution is 0.156. The van der Waals surface area contributed by atoms with Crippen molar-refractivity contribution in [3.63, 3.8) is 0 Å². The first-order valence-electron chi connectivity index (χ1n) is 5.33. The third-order valence-corrected chi connectivity index (χ3v) is 4.16. The second kappa shape index (κ2) is 6.57. The molecule has 0 atom stereocenters. The summed E-state index contributed by atoms with van der Waals surface area (Å²) in [5.41, 5.74) is 0. The summed E-state index contributed by atoms with van der Waals surface area (Å²) >= 11 is 0. The van der Waals surface area contributed by atoms with Gasteiger partial charge >= 0.3 is 8.56 Å². The summed E-state index contributed by atoms with van der Waals surface area (Å²) in [6.45, 7) is 12.3. The lowest BCUT2D eigenvalue weighted by Gasteiger charge is -2.24. The van der Waals surface area contributed by atoms with E-state index in [2.05, 4.69) is 26.9 Å². The summed E-state index contributed by atoms with van der Waals surface area (Å²) in [6, 6.07) is 0. The molecule has 0 N–H and O–H groups in total. The maximum atomic E-state index is 5.83. The van der Waals surface area contributed by atoms with E-state index < -0.39 is 8.56 Å². The molecule has 0 aliphatic heterocycles. The molecular formula is C10H24O2Si. The van der Waals surface area contributed by atoms with Crippen molar-refractivity contribution < 1.29 is 8.85 Å². The van der Waals surface area contributed by atoms with Crippen LogP contribution in [0.2, 0.25) is 13.1 Å². The molecule has 0 spiro atoms. The lowest BCUT2D eigenvalue weighted by atomic mass is 10.1. The Morgan fingerprint density at radius 3 is 1.92 bits per heavy atom. The molecule has 0 amide bonds. The number of hydrogen-bond acceptors (Lipinski definition) is 2. The Balaban J connectivity index is 3.71. The van der Waals surface area contributed by atoms with E-state index in [0.29, 0.717) is 5.92 Å². The van der Waals surface area contributed by atoms with Crippen molar-refractivity contribution in [2.24, 2.45) is 5.92 Å². The highest BCUT2D eigenvalue weighted by Gasteiger charge is 2.24. The largest absolute Gasteiger partial charge is 0.395 e. The van der Waals surface area contributed by atoms with Crippen LogP contribution in [-0.2, 0) is 8.85 Å². The summed E-state index contributed by atoms with van der Waals surface area (Å²) in [7, 11) is -1.80. The van der Waals surface area contributed by atoms with Gasteiger partial charge in [0, 0.05) is 13.2 Å². The van der Waals surface area contributed by atoms with E-state index >= 15 is 0 Å². The highest BCUT2D eigenvalue weighted by Crippen LogP contribution is 2.13. The molecule has 80 valence electrons. The Morgan fingerprint density at radius 2 is 1.54 bits per heavy atom. The van der Waals surface area contributed by atoms with Crippen LogP contribution >= 0.6 is 0 Å². The summed E-state index contributed by atoms with van der Waals surface area (Å²) in [6.07, 6.45) is 2.40. The van der Waals surface area contributed by atoms with Crippen LogP contribution < -0.4 is 0 Å². The summed E-state index contributed by atoms with van der Waals surface area (Å²) in [5.74, 6) is 0.701. The van der Waals surface area contributed by atoms with Gasteiger partial charge in [-0.05, 0) is 25.9 Å². The Morgan fingerprint density at radius 1 is 1.00 bits per heavy atom. The van der Waals surface area contributed by atoms with Crippen LogP contribution in [-0.4, -0.2) is 21.8 Å². The lowest BCUT2D eigenvalue weighted by Crippen LogP contribution is -2.36. The van der Waals surface area contributed by atoms with Crippen LogP contribution in [0.5, 0.6) is 0 Å². The van der Waals surface area contributed by atoms with Gasteiger partial charge in [-0.15, -0.1) is 0 Å². The zero-order valence-corrected chi connectivity index (χ0v) is 10.7. The van der Waals surface area contributed by atoms with Crippen molar-refractivity contribution in [2.45, 2.75) is 46.7 Å². The maximum absolute atomic E-state index is 5.83. The van der Waals surface area contributed by atoms with Gasteiger partial charge in [0.2, 0.25) is 0 Å². The third kappa shape index (κ3) is 6.24. The molecule has 0 aromatic rings. The SMILES string of the molecule is CCO[Si](C)(C)OCC(CC)CC. The molecule has 2 nitrogen and oxygen atoms in total. The molecule has 0 aliphatic carbocycles. The first-order chi connectivity index (χ1) is 6.05. The Labute approximate surface area is 83.9 Å². The predicted molar refractivity (Wildman–Crippen MR) is 59.1 cm³/mol. The van der Waals surface area contributed by atoms with E-state index in [0.717, 1.165) is 13.2 Å². The van der Waals surface area contributed by atoms with Gasteiger partial charge in [-0.3, -0.25) is 0 Å². The number of rotatable bonds is 7. The van der Waals surface area contributed by atoms with Gasteiger partial charge in [-0.2, -0.15) is 0 Å². The molecule has 0 aromatic carbocycles. The quantitative estimate of drug-likeness (QED) is 0.593. The molecule has 0 radical (unpaired) electrons. The predicted octanol–water partition coefficient (Wildman–Crippen LogP) is 3.18. The van der Waals surface area contributed by atoms with Gasteiger partial charge in [-0.1, -0.05) is 26.7 Å². The van der Waals surface area contributed by atoms with Crippen molar-refractivity contribution in [1.29, 1.82) is 0 Å². The fourth-order valence-electron chi connectivity index (χ4n) is 1.23. The molecule has 0 saturated heterocycles. The van der Waals surface area contributed by atoms with E-state index in [9.17, 15) is 0 Å². The molecule has 13 heavy (non-hydrogen) atoms. The molecule has 0 heterocycles. The van der Waals surface area contributed by atoms with Gasteiger partial charge in [0.1, 0.15) is 0 Å². The van der Waals surface area contributed by atoms with Crippen molar-refractivity contribution in [1.82, 2.24) is 0 Å². The van der Waals surface area contributed by atoms with Crippen molar-refractivity contribution >= 4 is 8.56 Å². The smallest absolute Gasteiger partial charge is 0.331 e. The molecular weight excluding hydrogens is 180 g/mol. The normalized spacial score (nSPS) is 12.5. The summed E-state index contributed by atoms with van der Waals surface area (Å²) in [5, 5.41) is 0. The molecule has 0 aliphatic rings. The first kappa shape index (κ1) is 13.1. The molecule has 0 rings (SSSR count).